The van der Waals surface area contributed by atoms with Crippen molar-refractivity contribution in [3.05, 3.63) is 53.9 Å². The maximum absolute atomic E-state index is 13.4. The number of carbonyl (C=O) groups is 1. The second kappa shape index (κ2) is 4.91. The van der Waals surface area contributed by atoms with Crippen LogP contribution in [0, 0.1) is 5.82 Å². The van der Waals surface area contributed by atoms with Crippen molar-refractivity contribution in [2.75, 3.05) is 0 Å². The quantitative estimate of drug-likeness (QED) is 0.759. The Kier molecular flexibility index (Phi) is 3.32. The summed E-state index contributed by atoms with van der Waals surface area (Å²) in [5, 5.41) is 0. The SMILES string of the molecule is CCn1ccnc1C(=O)Cc1ccccc1F. The minimum atomic E-state index is -0.351. The molecule has 0 saturated carbocycles. The predicted octanol–water partition coefficient (Wildman–Crippen LogP) is 2.47. The summed E-state index contributed by atoms with van der Waals surface area (Å²) in [6.07, 6.45) is 3.37. The van der Waals surface area contributed by atoms with E-state index in [4.69, 9.17) is 0 Å². The number of ketones is 1. The van der Waals surface area contributed by atoms with Crippen molar-refractivity contribution in [3.8, 4) is 0 Å². The van der Waals surface area contributed by atoms with Crippen LogP contribution < -0.4 is 0 Å². The van der Waals surface area contributed by atoms with Crippen LogP contribution in [-0.2, 0) is 13.0 Å². The summed E-state index contributed by atoms with van der Waals surface area (Å²) in [4.78, 5) is 16.0. The Bertz CT molecular complexity index is 534. The van der Waals surface area contributed by atoms with Gasteiger partial charge >= 0.3 is 0 Å². The van der Waals surface area contributed by atoms with E-state index >= 15 is 0 Å². The average molecular weight is 232 g/mol. The van der Waals surface area contributed by atoms with Gasteiger partial charge in [-0.3, -0.25) is 4.79 Å². The van der Waals surface area contributed by atoms with Gasteiger partial charge in [0.2, 0.25) is 5.78 Å². The van der Waals surface area contributed by atoms with Crippen molar-refractivity contribution in [3.63, 3.8) is 0 Å². The number of rotatable bonds is 4. The number of carbonyl (C=O) groups excluding carboxylic acids is 1. The predicted molar refractivity (Wildman–Crippen MR) is 62.3 cm³/mol. The first-order valence-electron chi connectivity index (χ1n) is 5.50. The lowest BCUT2D eigenvalue weighted by Crippen LogP contribution is -2.12. The summed E-state index contributed by atoms with van der Waals surface area (Å²) >= 11 is 0. The molecule has 1 aromatic heterocycles. The maximum atomic E-state index is 13.4. The van der Waals surface area contributed by atoms with E-state index in [1.54, 1.807) is 35.2 Å². The highest BCUT2D eigenvalue weighted by Gasteiger charge is 2.14. The Morgan fingerprint density at radius 3 is 2.88 bits per heavy atom. The van der Waals surface area contributed by atoms with E-state index in [0.717, 1.165) is 0 Å². The van der Waals surface area contributed by atoms with Gasteiger partial charge in [-0.05, 0) is 18.6 Å². The molecule has 0 amide bonds. The van der Waals surface area contributed by atoms with E-state index in [2.05, 4.69) is 4.98 Å². The summed E-state index contributed by atoms with van der Waals surface area (Å²) in [5.41, 5.74) is 0.406. The van der Waals surface area contributed by atoms with Gasteiger partial charge in [-0.15, -0.1) is 0 Å². The number of halogens is 1. The van der Waals surface area contributed by atoms with Crippen LogP contribution in [0.1, 0.15) is 23.1 Å². The lowest BCUT2D eigenvalue weighted by molar-refractivity contribution is 0.0978. The molecule has 1 aromatic carbocycles. The zero-order chi connectivity index (χ0) is 12.3. The molecule has 0 atom stereocenters. The van der Waals surface area contributed by atoms with Crippen LogP contribution in [0.4, 0.5) is 4.39 Å². The van der Waals surface area contributed by atoms with Crippen molar-refractivity contribution in [1.29, 1.82) is 0 Å². The highest BCUT2D eigenvalue weighted by Crippen LogP contribution is 2.10. The molecule has 0 fully saturated rings. The molecule has 0 unspecified atom stereocenters. The molecule has 4 heteroatoms. The van der Waals surface area contributed by atoms with E-state index in [1.165, 1.54) is 6.07 Å². The molecule has 0 radical (unpaired) electrons. The van der Waals surface area contributed by atoms with Crippen LogP contribution in [0.5, 0.6) is 0 Å². The fourth-order valence-electron chi connectivity index (χ4n) is 1.71. The molecule has 2 aromatic rings. The zero-order valence-corrected chi connectivity index (χ0v) is 9.56. The van der Waals surface area contributed by atoms with Crippen LogP contribution >= 0.6 is 0 Å². The number of aryl methyl sites for hydroxylation is 1. The number of Topliss-reactive ketones (excluding diaryl/α,β-unsaturated/α-hetero) is 1. The molecule has 3 nitrogen and oxygen atoms in total. The molecular formula is C13H13FN2O. The van der Waals surface area contributed by atoms with Gasteiger partial charge in [-0.25, -0.2) is 9.37 Å². The van der Waals surface area contributed by atoms with Gasteiger partial charge in [0.05, 0.1) is 0 Å². The summed E-state index contributed by atoms with van der Waals surface area (Å²) < 4.78 is 15.1. The largest absolute Gasteiger partial charge is 0.329 e. The highest BCUT2D eigenvalue weighted by molar-refractivity contribution is 5.94. The third kappa shape index (κ3) is 2.41. The molecule has 1 heterocycles. The van der Waals surface area contributed by atoms with Gasteiger partial charge in [-0.1, -0.05) is 18.2 Å². The third-order valence-electron chi connectivity index (χ3n) is 2.61. The van der Waals surface area contributed by atoms with Gasteiger partial charge < -0.3 is 4.57 Å². The molecule has 0 aliphatic heterocycles. The summed E-state index contributed by atoms with van der Waals surface area (Å²) in [5.74, 6) is -0.131. The number of nitrogens with zero attached hydrogens (tertiary/aromatic N) is 2. The van der Waals surface area contributed by atoms with Gasteiger partial charge in [0.15, 0.2) is 5.82 Å². The fourth-order valence-corrected chi connectivity index (χ4v) is 1.71. The number of hydrogen-bond donors (Lipinski definition) is 0. The molecule has 88 valence electrons. The van der Waals surface area contributed by atoms with Crippen LogP contribution in [0.2, 0.25) is 0 Å². The molecule has 0 aliphatic carbocycles. The standard InChI is InChI=1S/C13H13FN2O/c1-2-16-8-7-15-13(16)12(17)9-10-5-3-4-6-11(10)14/h3-8H,2,9H2,1H3. The number of hydrogen-bond acceptors (Lipinski definition) is 2. The first-order chi connectivity index (χ1) is 8.22. The van der Waals surface area contributed by atoms with Crippen LogP contribution in [0.3, 0.4) is 0 Å². The minimum Gasteiger partial charge on any atom is -0.329 e. The molecular weight excluding hydrogens is 219 g/mol. The van der Waals surface area contributed by atoms with Crippen LogP contribution in [0.25, 0.3) is 0 Å². The van der Waals surface area contributed by atoms with E-state index in [-0.39, 0.29) is 18.0 Å². The van der Waals surface area contributed by atoms with Crippen molar-refractivity contribution in [1.82, 2.24) is 9.55 Å². The fraction of sp³-hybridized carbons (Fsp3) is 0.231. The van der Waals surface area contributed by atoms with E-state index in [0.29, 0.717) is 17.9 Å². The smallest absolute Gasteiger partial charge is 0.202 e. The molecule has 0 N–H and O–H groups in total. The zero-order valence-electron chi connectivity index (χ0n) is 9.56. The summed E-state index contributed by atoms with van der Waals surface area (Å²) in [7, 11) is 0. The number of imidazole rings is 1. The minimum absolute atomic E-state index is 0.0453. The third-order valence-corrected chi connectivity index (χ3v) is 2.61. The Balaban J connectivity index is 2.20. The Morgan fingerprint density at radius 2 is 2.18 bits per heavy atom. The molecule has 2 rings (SSSR count). The Labute approximate surface area is 98.9 Å². The van der Waals surface area contributed by atoms with E-state index < -0.39 is 0 Å². The molecule has 0 spiro atoms. The van der Waals surface area contributed by atoms with Crippen molar-refractivity contribution < 1.29 is 9.18 Å². The lowest BCUT2D eigenvalue weighted by Gasteiger charge is -2.04. The van der Waals surface area contributed by atoms with Gasteiger partial charge in [-0.2, -0.15) is 0 Å². The van der Waals surface area contributed by atoms with E-state index in [9.17, 15) is 9.18 Å². The normalized spacial score (nSPS) is 10.5. The van der Waals surface area contributed by atoms with Crippen molar-refractivity contribution in [2.45, 2.75) is 19.9 Å². The second-order valence-corrected chi connectivity index (χ2v) is 3.73. The van der Waals surface area contributed by atoms with Crippen LogP contribution in [-0.4, -0.2) is 15.3 Å². The molecule has 17 heavy (non-hydrogen) atoms. The second-order valence-electron chi connectivity index (χ2n) is 3.73. The number of aromatic nitrogens is 2. The van der Waals surface area contributed by atoms with Gasteiger partial charge in [0, 0.05) is 25.4 Å². The molecule has 0 aliphatic rings. The number of benzene rings is 1. The summed E-state index contributed by atoms with van der Waals surface area (Å²) in [6.45, 7) is 2.61. The topological polar surface area (TPSA) is 34.9 Å². The van der Waals surface area contributed by atoms with Gasteiger partial charge in [0.25, 0.3) is 0 Å². The molecule has 0 bridgehead atoms. The maximum Gasteiger partial charge on any atom is 0.202 e. The van der Waals surface area contributed by atoms with Crippen molar-refractivity contribution in [2.24, 2.45) is 0 Å². The van der Waals surface area contributed by atoms with Crippen LogP contribution in [0.15, 0.2) is 36.7 Å². The highest BCUT2D eigenvalue weighted by atomic mass is 19.1. The van der Waals surface area contributed by atoms with E-state index in [1.807, 2.05) is 6.92 Å². The summed E-state index contributed by atoms with van der Waals surface area (Å²) in [6, 6.07) is 6.30. The van der Waals surface area contributed by atoms with Gasteiger partial charge in [0.1, 0.15) is 5.82 Å². The molecule has 0 saturated heterocycles. The average Bonchev–Trinajstić information content (AvgIpc) is 2.80. The lowest BCUT2D eigenvalue weighted by atomic mass is 10.1. The Hall–Kier alpha value is -1.97. The van der Waals surface area contributed by atoms with Crippen molar-refractivity contribution >= 4 is 5.78 Å². The first kappa shape index (κ1) is 11.5. The monoisotopic (exact) mass is 232 g/mol. The first-order valence-corrected chi connectivity index (χ1v) is 5.50. The Morgan fingerprint density at radius 1 is 1.41 bits per heavy atom.